The largest absolute Gasteiger partial charge is 0.493 e. The third-order valence-electron chi connectivity index (χ3n) is 2.27. The second-order valence-corrected chi connectivity index (χ2v) is 3.76. The van der Waals surface area contributed by atoms with Crippen LogP contribution in [-0.2, 0) is 0 Å². The summed E-state index contributed by atoms with van der Waals surface area (Å²) in [6.07, 6.45) is -0.257. The second kappa shape index (κ2) is 5.94. The van der Waals surface area contributed by atoms with E-state index >= 15 is 0 Å². The first-order valence-electron chi connectivity index (χ1n) is 4.93. The predicted octanol–water partition coefficient (Wildman–Crippen LogP) is 1.74. The molecule has 3 N–H and O–H groups in total. The molecule has 0 heterocycles. The number of nitrogens with two attached hydrogens (primary N) is 1. The van der Waals surface area contributed by atoms with E-state index in [0.717, 1.165) is 0 Å². The highest BCUT2D eigenvalue weighted by molar-refractivity contribution is 6.30. The van der Waals surface area contributed by atoms with Gasteiger partial charge in [0.1, 0.15) is 0 Å². The topological polar surface area (TPSA) is 64.7 Å². The van der Waals surface area contributed by atoms with Gasteiger partial charge in [0.25, 0.3) is 0 Å². The predicted molar refractivity (Wildman–Crippen MR) is 63.2 cm³/mol. The summed E-state index contributed by atoms with van der Waals surface area (Å²) < 4.78 is 10.3. The fourth-order valence-electron chi connectivity index (χ4n) is 1.52. The lowest BCUT2D eigenvalue weighted by Gasteiger charge is -2.17. The Balaban J connectivity index is 3.19. The third kappa shape index (κ3) is 2.78. The van der Waals surface area contributed by atoms with Gasteiger partial charge < -0.3 is 20.3 Å². The zero-order valence-corrected chi connectivity index (χ0v) is 10.1. The number of aliphatic hydroxyl groups excluding tert-OH is 1. The van der Waals surface area contributed by atoms with E-state index in [2.05, 4.69) is 0 Å². The van der Waals surface area contributed by atoms with E-state index in [1.807, 2.05) is 0 Å². The highest BCUT2D eigenvalue weighted by Gasteiger charge is 2.17. The van der Waals surface area contributed by atoms with Crippen LogP contribution in [0.5, 0.6) is 11.5 Å². The summed E-state index contributed by atoms with van der Waals surface area (Å²) in [6.45, 7) is 0.388. The van der Waals surface area contributed by atoms with Crippen LogP contribution in [0.3, 0.4) is 0 Å². The lowest BCUT2D eigenvalue weighted by atomic mass is 10.0. The number of hydrogen-bond acceptors (Lipinski definition) is 4. The summed E-state index contributed by atoms with van der Waals surface area (Å²) in [5.74, 6) is 0.994. The van der Waals surface area contributed by atoms with Crippen LogP contribution in [0.15, 0.2) is 12.1 Å². The smallest absolute Gasteiger partial charge is 0.166 e. The number of ether oxygens (including phenoxy) is 2. The van der Waals surface area contributed by atoms with Crippen molar-refractivity contribution in [2.24, 2.45) is 5.73 Å². The van der Waals surface area contributed by atoms with Crippen molar-refractivity contribution >= 4 is 11.6 Å². The summed E-state index contributed by atoms with van der Waals surface area (Å²) in [6, 6.07) is 3.29. The molecule has 0 fully saturated rings. The molecule has 0 amide bonds. The van der Waals surface area contributed by atoms with Crippen LogP contribution in [0.1, 0.15) is 18.1 Å². The van der Waals surface area contributed by atoms with Crippen molar-refractivity contribution in [2.45, 2.75) is 12.5 Å². The van der Waals surface area contributed by atoms with Gasteiger partial charge in [0, 0.05) is 16.7 Å². The highest BCUT2D eigenvalue weighted by atomic mass is 35.5. The van der Waals surface area contributed by atoms with Crippen LogP contribution in [0.25, 0.3) is 0 Å². The van der Waals surface area contributed by atoms with E-state index in [9.17, 15) is 5.11 Å². The van der Waals surface area contributed by atoms with Crippen molar-refractivity contribution in [2.75, 3.05) is 20.8 Å². The molecule has 0 aromatic heterocycles. The minimum Gasteiger partial charge on any atom is -0.493 e. The first-order valence-corrected chi connectivity index (χ1v) is 5.31. The Hall–Kier alpha value is -0.970. The number of aliphatic hydroxyl groups is 1. The van der Waals surface area contributed by atoms with E-state index in [1.165, 1.54) is 14.2 Å². The summed E-state index contributed by atoms with van der Waals surface area (Å²) in [4.78, 5) is 0. The van der Waals surface area contributed by atoms with Gasteiger partial charge in [-0.15, -0.1) is 0 Å². The summed E-state index contributed by atoms with van der Waals surface area (Å²) >= 11 is 5.92. The molecule has 0 aliphatic heterocycles. The average molecular weight is 246 g/mol. The Kier molecular flexibility index (Phi) is 4.86. The Morgan fingerprint density at radius 3 is 2.56 bits per heavy atom. The maximum absolute atomic E-state index is 9.90. The quantitative estimate of drug-likeness (QED) is 0.829. The van der Waals surface area contributed by atoms with Gasteiger partial charge in [-0.2, -0.15) is 0 Å². The first kappa shape index (κ1) is 13.1. The molecule has 0 saturated carbocycles. The van der Waals surface area contributed by atoms with E-state index in [0.29, 0.717) is 35.1 Å². The molecule has 0 aliphatic rings. The van der Waals surface area contributed by atoms with Gasteiger partial charge in [-0.1, -0.05) is 11.6 Å². The highest BCUT2D eigenvalue weighted by Crippen LogP contribution is 2.38. The third-order valence-corrected chi connectivity index (χ3v) is 2.49. The normalized spacial score (nSPS) is 12.3. The maximum Gasteiger partial charge on any atom is 0.166 e. The summed E-state index contributed by atoms with van der Waals surface area (Å²) in [7, 11) is 3.04. The van der Waals surface area contributed by atoms with Crippen LogP contribution < -0.4 is 15.2 Å². The molecule has 1 aromatic carbocycles. The second-order valence-electron chi connectivity index (χ2n) is 3.32. The zero-order chi connectivity index (χ0) is 12.1. The van der Waals surface area contributed by atoms with E-state index in [-0.39, 0.29) is 0 Å². The van der Waals surface area contributed by atoms with E-state index < -0.39 is 6.10 Å². The van der Waals surface area contributed by atoms with Crippen molar-refractivity contribution in [3.63, 3.8) is 0 Å². The number of rotatable bonds is 5. The summed E-state index contributed by atoms with van der Waals surface area (Å²) in [5.41, 5.74) is 6.00. The summed E-state index contributed by atoms with van der Waals surface area (Å²) in [5, 5.41) is 10.4. The fraction of sp³-hybridized carbons (Fsp3) is 0.455. The van der Waals surface area contributed by atoms with Gasteiger partial charge in [-0.25, -0.2) is 0 Å². The van der Waals surface area contributed by atoms with Crippen molar-refractivity contribution in [1.82, 2.24) is 0 Å². The monoisotopic (exact) mass is 245 g/mol. The van der Waals surface area contributed by atoms with Crippen LogP contribution in [0.4, 0.5) is 0 Å². The van der Waals surface area contributed by atoms with Crippen molar-refractivity contribution < 1.29 is 14.6 Å². The molecule has 0 saturated heterocycles. The molecule has 1 aromatic rings. The molecule has 1 atom stereocenters. The SMILES string of the molecule is COc1cc(Cl)cc([C@H](O)CCN)c1OC. The minimum absolute atomic E-state index is 0.388. The molecule has 5 heteroatoms. The molecule has 0 spiro atoms. The van der Waals surface area contributed by atoms with Gasteiger partial charge >= 0.3 is 0 Å². The zero-order valence-electron chi connectivity index (χ0n) is 9.37. The molecule has 0 radical (unpaired) electrons. The van der Waals surface area contributed by atoms with Gasteiger partial charge in [0.15, 0.2) is 11.5 Å². The van der Waals surface area contributed by atoms with Crippen molar-refractivity contribution in [3.05, 3.63) is 22.7 Å². The molecule has 0 unspecified atom stereocenters. The van der Waals surface area contributed by atoms with Gasteiger partial charge in [0.2, 0.25) is 0 Å². The number of benzene rings is 1. The van der Waals surface area contributed by atoms with Crippen LogP contribution in [0.2, 0.25) is 5.02 Å². The Labute approximate surface area is 99.9 Å². The molecule has 1 rings (SSSR count). The van der Waals surface area contributed by atoms with Crippen molar-refractivity contribution in [1.29, 1.82) is 0 Å². The Morgan fingerprint density at radius 1 is 1.38 bits per heavy atom. The molecular formula is C11H16ClNO3. The lowest BCUT2D eigenvalue weighted by molar-refractivity contribution is 0.165. The van der Waals surface area contributed by atoms with Crippen LogP contribution in [0, 0.1) is 0 Å². The van der Waals surface area contributed by atoms with Crippen LogP contribution in [-0.4, -0.2) is 25.9 Å². The average Bonchev–Trinajstić information content (AvgIpc) is 2.28. The molecule has 0 aliphatic carbocycles. The number of hydrogen-bond donors (Lipinski definition) is 2. The molecular weight excluding hydrogens is 230 g/mol. The van der Waals surface area contributed by atoms with Gasteiger partial charge in [-0.05, 0) is 19.0 Å². The first-order chi connectivity index (χ1) is 7.63. The fourth-order valence-corrected chi connectivity index (χ4v) is 1.74. The molecule has 0 bridgehead atoms. The molecule has 90 valence electrons. The molecule has 16 heavy (non-hydrogen) atoms. The van der Waals surface area contributed by atoms with Crippen LogP contribution >= 0.6 is 11.6 Å². The Morgan fingerprint density at radius 2 is 2.06 bits per heavy atom. The standard InChI is InChI=1S/C11H16ClNO3/c1-15-10-6-7(12)5-8(11(10)16-2)9(14)3-4-13/h5-6,9,14H,3-4,13H2,1-2H3/t9-/m1/s1. The lowest BCUT2D eigenvalue weighted by Crippen LogP contribution is -2.08. The van der Waals surface area contributed by atoms with Gasteiger partial charge in [-0.3, -0.25) is 0 Å². The Bertz CT molecular complexity index is 357. The van der Waals surface area contributed by atoms with E-state index in [4.69, 9.17) is 26.8 Å². The maximum atomic E-state index is 9.90. The number of methoxy groups -OCH3 is 2. The van der Waals surface area contributed by atoms with Gasteiger partial charge in [0.05, 0.1) is 20.3 Å². The molecule has 4 nitrogen and oxygen atoms in total. The van der Waals surface area contributed by atoms with Crippen molar-refractivity contribution in [3.8, 4) is 11.5 Å². The van der Waals surface area contributed by atoms with E-state index in [1.54, 1.807) is 12.1 Å². The number of halogens is 1. The minimum atomic E-state index is -0.701.